The minimum atomic E-state index is -0.911. The maximum Gasteiger partial charge on any atom is 0.335 e. The fraction of sp³-hybridized carbons (Fsp3) is 0.316. The lowest BCUT2D eigenvalue weighted by Gasteiger charge is -2.32. The molecule has 0 aromatic heterocycles. The maximum absolute atomic E-state index is 10.8. The van der Waals surface area contributed by atoms with E-state index in [1.165, 1.54) is 5.56 Å². The van der Waals surface area contributed by atoms with Crippen LogP contribution in [0, 0.1) is 0 Å². The number of nitrogens with zero attached hydrogens (tertiary/aromatic N) is 1. The number of carboxylic acids is 1. The molecule has 1 fully saturated rings. The van der Waals surface area contributed by atoms with Gasteiger partial charge < -0.3 is 9.84 Å². The highest BCUT2D eigenvalue weighted by molar-refractivity contribution is 5.87. The molecule has 1 saturated heterocycles. The summed E-state index contributed by atoms with van der Waals surface area (Å²) in [7, 11) is 0. The van der Waals surface area contributed by atoms with E-state index in [1.54, 1.807) is 24.3 Å². The van der Waals surface area contributed by atoms with Crippen molar-refractivity contribution in [2.75, 3.05) is 13.1 Å². The molecule has 0 aliphatic carbocycles. The third-order valence-corrected chi connectivity index (χ3v) is 4.19. The van der Waals surface area contributed by atoms with Crippen LogP contribution in [0.4, 0.5) is 0 Å². The molecule has 1 aliphatic heterocycles. The van der Waals surface area contributed by atoms with Crippen LogP contribution in [0.3, 0.4) is 0 Å². The van der Waals surface area contributed by atoms with Crippen LogP contribution in [-0.4, -0.2) is 35.2 Å². The normalized spacial score (nSPS) is 16.2. The Labute approximate surface area is 136 Å². The number of piperidine rings is 1. The summed E-state index contributed by atoms with van der Waals surface area (Å²) in [4.78, 5) is 13.3. The van der Waals surface area contributed by atoms with Crippen molar-refractivity contribution < 1.29 is 14.6 Å². The van der Waals surface area contributed by atoms with Crippen LogP contribution < -0.4 is 4.74 Å². The summed E-state index contributed by atoms with van der Waals surface area (Å²) < 4.78 is 5.97. The standard InChI is InChI=1S/C19H21NO3/c21-19(22)16-6-8-17(9-7-16)23-18-10-12-20(13-11-18)14-15-4-2-1-3-5-15/h1-9,18H,10-14H2,(H,21,22). The summed E-state index contributed by atoms with van der Waals surface area (Å²) in [5.74, 6) is -0.165. The molecule has 1 heterocycles. The highest BCUT2D eigenvalue weighted by atomic mass is 16.5. The van der Waals surface area contributed by atoms with Crippen molar-refractivity contribution in [2.24, 2.45) is 0 Å². The first kappa shape index (κ1) is 15.6. The fourth-order valence-electron chi connectivity index (χ4n) is 2.90. The maximum atomic E-state index is 10.8. The molecule has 2 aromatic carbocycles. The van der Waals surface area contributed by atoms with Gasteiger partial charge in [0, 0.05) is 19.6 Å². The second-order valence-electron chi connectivity index (χ2n) is 5.91. The lowest BCUT2D eigenvalue weighted by Crippen LogP contribution is -2.37. The van der Waals surface area contributed by atoms with E-state index in [1.807, 2.05) is 6.07 Å². The minimum Gasteiger partial charge on any atom is -0.490 e. The van der Waals surface area contributed by atoms with E-state index >= 15 is 0 Å². The molecule has 0 saturated carbocycles. The average molecular weight is 311 g/mol. The van der Waals surface area contributed by atoms with Crippen molar-refractivity contribution >= 4 is 5.97 Å². The van der Waals surface area contributed by atoms with Crippen LogP contribution in [0.1, 0.15) is 28.8 Å². The third-order valence-electron chi connectivity index (χ3n) is 4.19. The van der Waals surface area contributed by atoms with Gasteiger partial charge in [-0.2, -0.15) is 0 Å². The number of carbonyl (C=O) groups is 1. The van der Waals surface area contributed by atoms with Crippen LogP contribution in [-0.2, 0) is 6.54 Å². The molecule has 2 aromatic rings. The SMILES string of the molecule is O=C(O)c1ccc(OC2CCN(Cc3ccccc3)CC2)cc1. The first-order valence-corrected chi connectivity index (χ1v) is 7.97. The predicted octanol–water partition coefficient (Wildman–Crippen LogP) is 3.43. The van der Waals surface area contributed by atoms with E-state index in [9.17, 15) is 4.79 Å². The lowest BCUT2D eigenvalue weighted by atomic mass is 10.1. The van der Waals surface area contributed by atoms with Gasteiger partial charge in [-0.1, -0.05) is 30.3 Å². The molecule has 23 heavy (non-hydrogen) atoms. The van der Waals surface area contributed by atoms with Gasteiger partial charge in [-0.05, 0) is 42.7 Å². The van der Waals surface area contributed by atoms with Crippen LogP contribution in [0.2, 0.25) is 0 Å². The Bertz CT molecular complexity index is 631. The summed E-state index contributed by atoms with van der Waals surface area (Å²) in [6.45, 7) is 3.03. The summed E-state index contributed by atoms with van der Waals surface area (Å²) in [5, 5.41) is 8.90. The summed E-state index contributed by atoms with van der Waals surface area (Å²) in [6.07, 6.45) is 2.19. The third kappa shape index (κ3) is 4.33. The predicted molar refractivity (Wildman–Crippen MR) is 88.8 cm³/mol. The van der Waals surface area contributed by atoms with Gasteiger partial charge in [-0.3, -0.25) is 4.90 Å². The second kappa shape index (κ2) is 7.29. The first-order valence-electron chi connectivity index (χ1n) is 7.97. The Hall–Kier alpha value is -2.33. The Balaban J connectivity index is 1.48. The summed E-state index contributed by atoms with van der Waals surface area (Å²) in [6, 6.07) is 17.2. The summed E-state index contributed by atoms with van der Waals surface area (Å²) in [5.41, 5.74) is 1.63. The molecule has 0 amide bonds. The number of likely N-dealkylation sites (tertiary alicyclic amines) is 1. The van der Waals surface area contributed by atoms with E-state index in [-0.39, 0.29) is 11.7 Å². The molecule has 0 spiro atoms. The largest absolute Gasteiger partial charge is 0.490 e. The molecular formula is C19H21NO3. The molecule has 0 radical (unpaired) electrons. The minimum absolute atomic E-state index is 0.206. The smallest absolute Gasteiger partial charge is 0.335 e. The average Bonchev–Trinajstić information content (AvgIpc) is 2.58. The van der Waals surface area contributed by atoms with Crippen molar-refractivity contribution in [3.63, 3.8) is 0 Å². The van der Waals surface area contributed by atoms with E-state index in [0.717, 1.165) is 38.2 Å². The van der Waals surface area contributed by atoms with Gasteiger partial charge in [0.1, 0.15) is 11.9 Å². The van der Waals surface area contributed by atoms with Crippen molar-refractivity contribution in [1.29, 1.82) is 0 Å². The molecule has 1 N–H and O–H groups in total. The quantitative estimate of drug-likeness (QED) is 0.919. The molecular weight excluding hydrogens is 290 g/mol. The van der Waals surface area contributed by atoms with Crippen molar-refractivity contribution in [3.8, 4) is 5.75 Å². The number of aromatic carboxylic acids is 1. The van der Waals surface area contributed by atoms with Gasteiger partial charge in [-0.15, -0.1) is 0 Å². The first-order chi connectivity index (χ1) is 11.2. The fourth-order valence-corrected chi connectivity index (χ4v) is 2.90. The van der Waals surface area contributed by atoms with E-state index in [4.69, 9.17) is 9.84 Å². The number of ether oxygens (including phenoxy) is 1. The number of hydrogen-bond donors (Lipinski definition) is 1. The zero-order valence-corrected chi connectivity index (χ0v) is 13.0. The topological polar surface area (TPSA) is 49.8 Å². The van der Waals surface area contributed by atoms with Crippen LogP contribution in [0.15, 0.2) is 54.6 Å². The van der Waals surface area contributed by atoms with Crippen molar-refractivity contribution in [1.82, 2.24) is 4.90 Å². The van der Waals surface area contributed by atoms with Gasteiger partial charge >= 0.3 is 5.97 Å². The van der Waals surface area contributed by atoms with Gasteiger partial charge in [0.05, 0.1) is 5.56 Å². The Morgan fingerprint density at radius 3 is 2.30 bits per heavy atom. The van der Waals surface area contributed by atoms with Gasteiger partial charge in [0.2, 0.25) is 0 Å². The number of benzene rings is 2. The van der Waals surface area contributed by atoms with Gasteiger partial charge in [0.25, 0.3) is 0 Å². The molecule has 120 valence electrons. The van der Waals surface area contributed by atoms with E-state index in [2.05, 4.69) is 29.2 Å². The van der Waals surface area contributed by atoms with E-state index < -0.39 is 5.97 Å². The highest BCUT2D eigenvalue weighted by Crippen LogP contribution is 2.20. The number of hydrogen-bond acceptors (Lipinski definition) is 3. The molecule has 0 atom stereocenters. The van der Waals surface area contributed by atoms with Crippen LogP contribution in [0.25, 0.3) is 0 Å². The van der Waals surface area contributed by atoms with Gasteiger partial charge in [0.15, 0.2) is 0 Å². The summed E-state index contributed by atoms with van der Waals surface area (Å²) >= 11 is 0. The lowest BCUT2D eigenvalue weighted by molar-refractivity contribution is 0.0696. The van der Waals surface area contributed by atoms with Crippen molar-refractivity contribution in [2.45, 2.75) is 25.5 Å². The highest BCUT2D eigenvalue weighted by Gasteiger charge is 2.20. The van der Waals surface area contributed by atoms with Crippen molar-refractivity contribution in [3.05, 3.63) is 65.7 Å². The molecule has 1 aliphatic rings. The van der Waals surface area contributed by atoms with E-state index in [0.29, 0.717) is 0 Å². The second-order valence-corrected chi connectivity index (χ2v) is 5.91. The molecule has 4 heteroatoms. The molecule has 4 nitrogen and oxygen atoms in total. The number of rotatable bonds is 5. The Morgan fingerprint density at radius 2 is 1.70 bits per heavy atom. The number of carboxylic acid groups (broad SMARTS) is 1. The molecule has 3 rings (SSSR count). The van der Waals surface area contributed by atoms with Gasteiger partial charge in [-0.25, -0.2) is 4.79 Å². The van der Waals surface area contributed by atoms with Crippen LogP contribution >= 0.6 is 0 Å². The monoisotopic (exact) mass is 311 g/mol. The Morgan fingerprint density at radius 1 is 1.04 bits per heavy atom. The molecule has 0 bridgehead atoms. The van der Waals surface area contributed by atoms with Crippen LogP contribution in [0.5, 0.6) is 5.75 Å². The Kier molecular flexibility index (Phi) is 4.93. The zero-order valence-electron chi connectivity index (χ0n) is 13.0. The zero-order chi connectivity index (χ0) is 16.1. The molecule has 0 unspecified atom stereocenters.